The molecule has 1 N–H and O–H groups in total. The van der Waals surface area contributed by atoms with Crippen molar-refractivity contribution in [3.63, 3.8) is 0 Å². The Morgan fingerprint density at radius 2 is 0.792 bits per heavy atom. The number of hydrogen-bond acceptors (Lipinski definition) is 1. The van der Waals surface area contributed by atoms with Gasteiger partial charge in [-0.3, -0.25) is 0 Å². The highest BCUT2D eigenvalue weighted by molar-refractivity contribution is 6.22. The Hall–Kier alpha value is -6.38. The first-order valence-electron chi connectivity index (χ1n) is 16.4. The molecule has 0 spiro atoms. The van der Waals surface area contributed by atoms with Crippen LogP contribution in [0.1, 0.15) is 0 Å². The molecule has 9 aromatic rings. The predicted molar refractivity (Wildman–Crippen MR) is 204 cm³/mol. The molecule has 0 aliphatic heterocycles. The van der Waals surface area contributed by atoms with Gasteiger partial charge in [0.25, 0.3) is 0 Å². The molecule has 9 rings (SSSR count). The summed E-state index contributed by atoms with van der Waals surface area (Å²) in [6, 6.07) is 67.4. The fourth-order valence-electron chi connectivity index (χ4n) is 7.04. The van der Waals surface area contributed by atoms with Gasteiger partial charge < -0.3 is 9.88 Å². The van der Waals surface area contributed by atoms with E-state index in [1.54, 1.807) is 0 Å². The second kappa shape index (κ2) is 11.8. The number of aromatic nitrogens is 1. The Morgan fingerprint density at radius 3 is 1.40 bits per heavy atom. The van der Waals surface area contributed by atoms with Crippen molar-refractivity contribution < 1.29 is 0 Å². The van der Waals surface area contributed by atoms with Gasteiger partial charge in [-0.1, -0.05) is 140 Å². The van der Waals surface area contributed by atoms with Crippen molar-refractivity contribution in [2.24, 2.45) is 0 Å². The number of para-hydroxylation sites is 1. The highest BCUT2D eigenvalue weighted by Gasteiger charge is 2.18. The van der Waals surface area contributed by atoms with Gasteiger partial charge in [-0.2, -0.15) is 0 Å². The second-order valence-electron chi connectivity index (χ2n) is 12.3. The molecule has 0 aliphatic rings. The van der Waals surface area contributed by atoms with Crippen LogP contribution in [0.5, 0.6) is 0 Å². The number of anilines is 2. The van der Waals surface area contributed by atoms with Gasteiger partial charge in [-0.05, 0) is 87.3 Å². The minimum Gasteiger partial charge on any atom is -0.356 e. The standard InChI is InChI=1S/C46H32N2/c1-3-11-32(12-4-1)34-19-25-37(26-20-34)47-38-27-21-36(22-28-38)43-31-44-41-16-9-10-18-45(41)48(46(44)42-17-8-7-15-40(42)43)39-29-23-35(24-30-39)33-13-5-2-6-14-33/h1-31,47H. The van der Waals surface area contributed by atoms with E-state index < -0.39 is 0 Å². The van der Waals surface area contributed by atoms with Crippen molar-refractivity contribution in [3.8, 4) is 39.1 Å². The van der Waals surface area contributed by atoms with E-state index in [4.69, 9.17) is 0 Å². The summed E-state index contributed by atoms with van der Waals surface area (Å²) in [7, 11) is 0. The third-order valence-corrected chi connectivity index (χ3v) is 9.38. The Bertz CT molecular complexity index is 2530. The molecule has 2 nitrogen and oxygen atoms in total. The summed E-state index contributed by atoms with van der Waals surface area (Å²) >= 11 is 0. The minimum absolute atomic E-state index is 1.06. The molecular formula is C46H32N2. The van der Waals surface area contributed by atoms with Crippen LogP contribution in [-0.2, 0) is 0 Å². The first kappa shape index (κ1) is 27.9. The van der Waals surface area contributed by atoms with Crippen molar-refractivity contribution in [2.45, 2.75) is 0 Å². The molecular weight excluding hydrogens is 581 g/mol. The summed E-state index contributed by atoms with van der Waals surface area (Å²) in [5.74, 6) is 0. The van der Waals surface area contributed by atoms with Gasteiger partial charge >= 0.3 is 0 Å². The Balaban J connectivity index is 1.11. The average molecular weight is 613 g/mol. The Labute approximate surface area is 280 Å². The first-order valence-corrected chi connectivity index (χ1v) is 16.4. The van der Waals surface area contributed by atoms with Crippen molar-refractivity contribution in [2.75, 3.05) is 5.32 Å². The van der Waals surface area contributed by atoms with Gasteiger partial charge in [0.05, 0.1) is 11.0 Å². The smallest absolute Gasteiger partial charge is 0.0619 e. The average Bonchev–Trinajstić information content (AvgIpc) is 3.50. The fraction of sp³-hybridized carbons (Fsp3) is 0. The first-order chi connectivity index (χ1) is 23.8. The summed E-state index contributed by atoms with van der Waals surface area (Å²) in [4.78, 5) is 0. The molecule has 1 heterocycles. The highest BCUT2D eigenvalue weighted by atomic mass is 15.0. The van der Waals surface area contributed by atoms with Crippen molar-refractivity contribution in [3.05, 3.63) is 188 Å². The lowest BCUT2D eigenvalue weighted by atomic mass is 9.95. The van der Waals surface area contributed by atoms with Gasteiger partial charge in [0.15, 0.2) is 0 Å². The lowest BCUT2D eigenvalue weighted by Gasteiger charge is -2.14. The van der Waals surface area contributed by atoms with E-state index in [2.05, 4.69) is 192 Å². The summed E-state index contributed by atoms with van der Waals surface area (Å²) in [5, 5.41) is 8.58. The molecule has 0 saturated carbocycles. The number of rotatable bonds is 6. The lowest BCUT2D eigenvalue weighted by Crippen LogP contribution is -1.95. The summed E-state index contributed by atoms with van der Waals surface area (Å²) in [6.45, 7) is 0. The molecule has 2 heteroatoms. The van der Waals surface area contributed by atoms with Crippen LogP contribution in [0.2, 0.25) is 0 Å². The SMILES string of the molecule is c1ccc(-c2ccc(Nc3ccc(-c4cc5c6ccccc6n(-c6ccc(-c7ccccc7)cc6)c5c5ccccc45)cc3)cc2)cc1. The van der Waals surface area contributed by atoms with Crippen LogP contribution in [0.3, 0.4) is 0 Å². The zero-order chi connectivity index (χ0) is 31.9. The third-order valence-electron chi connectivity index (χ3n) is 9.38. The van der Waals surface area contributed by atoms with Crippen LogP contribution in [0.25, 0.3) is 71.6 Å². The topological polar surface area (TPSA) is 17.0 Å². The molecule has 1 aromatic heterocycles. The number of fused-ring (bicyclic) bond motifs is 5. The maximum absolute atomic E-state index is 3.58. The second-order valence-corrected chi connectivity index (χ2v) is 12.3. The van der Waals surface area contributed by atoms with E-state index in [-0.39, 0.29) is 0 Å². The van der Waals surface area contributed by atoms with Gasteiger partial charge in [0, 0.05) is 33.2 Å². The molecule has 0 saturated heterocycles. The maximum Gasteiger partial charge on any atom is 0.0619 e. The Kier molecular flexibility index (Phi) is 6.84. The third kappa shape index (κ3) is 4.92. The zero-order valence-corrected chi connectivity index (χ0v) is 26.3. The van der Waals surface area contributed by atoms with Gasteiger partial charge in [0.2, 0.25) is 0 Å². The summed E-state index contributed by atoms with van der Waals surface area (Å²) in [5.41, 5.74) is 13.0. The van der Waals surface area contributed by atoms with Gasteiger partial charge in [0.1, 0.15) is 0 Å². The normalized spacial score (nSPS) is 11.3. The number of nitrogens with one attached hydrogen (secondary N) is 1. The van der Waals surface area contributed by atoms with Crippen LogP contribution in [0, 0.1) is 0 Å². The molecule has 8 aromatic carbocycles. The summed E-state index contributed by atoms with van der Waals surface area (Å²) < 4.78 is 2.43. The van der Waals surface area contributed by atoms with E-state index in [1.165, 1.54) is 66.0 Å². The van der Waals surface area contributed by atoms with E-state index in [0.29, 0.717) is 0 Å². The summed E-state index contributed by atoms with van der Waals surface area (Å²) in [6.07, 6.45) is 0. The minimum atomic E-state index is 1.06. The highest BCUT2D eigenvalue weighted by Crippen LogP contribution is 2.41. The zero-order valence-electron chi connectivity index (χ0n) is 26.3. The lowest BCUT2D eigenvalue weighted by molar-refractivity contribution is 1.19. The fourth-order valence-corrected chi connectivity index (χ4v) is 7.04. The van der Waals surface area contributed by atoms with Gasteiger partial charge in [-0.25, -0.2) is 0 Å². The molecule has 0 unspecified atom stereocenters. The molecule has 226 valence electrons. The molecule has 0 fully saturated rings. The quantitative estimate of drug-likeness (QED) is 0.198. The van der Waals surface area contributed by atoms with Crippen LogP contribution in [-0.4, -0.2) is 4.57 Å². The van der Waals surface area contributed by atoms with Crippen molar-refractivity contribution in [1.82, 2.24) is 4.57 Å². The van der Waals surface area contributed by atoms with Gasteiger partial charge in [-0.15, -0.1) is 0 Å². The maximum atomic E-state index is 3.58. The monoisotopic (exact) mass is 612 g/mol. The molecule has 0 radical (unpaired) electrons. The van der Waals surface area contributed by atoms with Crippen LogP contribution in [0.4, 0.5) is 11.4 Å². The van der Waals surface area contributed by atoms with E-state index >= 15 is 0 Å². The Morgan fingerprint density at radius 1 is 0.333 bits per heavy atom. The molecule has 0 aliphatic carbocycles. The van der Waals surface area contributed by atoms with E-state index in [0.717, 1.165) is 17.1 Å². The number of hydrogen-bond donors (Lipinski definition) is 1. The van der Waals surface area contributed by atoms with E-state index in [9.17, 15) is 0 Å². The largest absolute Gasteiger partial charge is 0.356 e. The molecule has 48 heavy (non-hydrogen) atoms. The molecule has 0 amide bonds. The van der Waals surface area contributed by atoms with Crippen LogP contribution >= 0.6 is 0 Å². The number of nitrogens with zero attached hydrogens (tertiary/aromatic N) is 1. The van der Waals surface area contributed by atoms with Crippen molar-refractivity contribution >= 4 is 44.0 Å². The molecule has 0 atom stereocenters. The molecule has 0 bridgehead atoms. The van der Waals surface area contributed by atoms with Crippen LogP contribution in [0.15, 0.2) is 188 Å². The van der Waals surface area contributed by atoms with Crippen LogP contribution < -0.4 is 5.32 Å². The number of benzene rings is 8. The van der Waals surface area contributed by atoms with Crippen molar-refractivity contribution in [1.29, 1.82) is 0 Å². The predicted octanol–water partition coefficient (Wildman–Crippen LogP) is 12.7. The van der Waals surface area contributed by atoms with E-state index in [1.807, 2.05) is 6.07 Å².